The molecule has 0 radical (unpaired) electrons. The summed E-state index contributed by atoms with van der Waals surface area (Å²) in [5.74, 6) is 1.22. The predicted molar refractivity (Wildman–Crippen MR) is 100 cm³/mol. The second-order valence-electron chi connectivity index (χ2n) is 6.64. The van der Waals surface area contributed by atoms with Crippen molar-refractivity contribution in [2.45, 2.75) is 33.1 Å². The molecule has 1 aliphatic heterocycles. The van der Waals surface area contributed by atoms with Gasteiger partial charge in [-0.2, -0.15) is 0 Å². The Balaban J connectivity index is 1.61. The second-order valence-corrected chi connectivity index (χ2v) is 6.64. The summed E-state index contributed by atoms with van der Waals surface area (Å²) in [4.78, 5) is 14.3. The Morgan fingerprint density at radius 3 is 2.56 bits per heavy atom. The molecule has 25 heavy (non-hydrogen) atoms. The van der Waals surface area contributed by atoms with Gasteiger partial charge in [-0.15, -0.1) is 10.2 Å². The van der Waals surface area contributed by atoms with Gasteiger partial charge in [-0.05, 0) is 43.9 Å². The fraction of sp³-hybridized carbons (Fsp3) is 0.450. The van der Waals surface area contributed by atoms with Crippen LogP contribution in [0.2, 0.25) is 0 Å². The Morgan fingerprint density at radius 2 is 1.92 bits per heavy atom. The third kappa shape index (κ3) is 4.16. The number of piperidine rings is 1. The molecule has 0 saturated carbocycles. The van der Waals surface area contributed by atoms with Crippen LogP contribution in [0, 0.1) is 12.8 Å². The molecule has 1 aromatic heterocycles. The summed E-state index contributed by atoms with van der Waals surface area (Å²) in [6, 6.07) is 12.3. The molecule has 1 fully saturated rings. The highest BCUT2D eigenvalue weighted by Crippen LogP contribution is 2.24. The maximum absolute atomic E-state index is 12.1. The lowest BCUT2D eigenvalue weighted by Gasteiger charge is -2.31. The van der Waals surface area contributed by atoms with Crippen molar-refractivity contribution in [1.82, 2.24) is 15.5 Å². The smallest absolute Gasteiger partial charge is 0.223 e. The van der Waals surface area contributed by atoms with Crippen molar-refractivity contribution in [3.8, 4) is 11.3 Å². The van der Waals surface area contributed by atoms with E-state index in [0.717, 1.165) is 56.0 Å². The third-order valence-corrected chi connectivity index (χ3v) is 4.81. The quantitative estimate of drug-likeness (QED) is 0.909. The van der Waals surface area contributed by atoms with E-state index >= 15 is 0 Å². The maximum atomic E-state index is 12.1. The lowest BCUT2D eigenvalue weighted by atomic mass is 9.96. The van der Waals surface area contributed by atoms with Gasteiger partial charge in [0.15, 0.2) is 5.82 Å². The first-order valence-electron chi connectivity index (χ1n) is 9.11. The molecule has 2 heterocycles. The first-order valence-corrected chi connectivity index (χ1v) is 9.11. The van der Waals surface area contributed by atoms with Crippen molar-refractivity contribution in [3.63, 3.8) is 0 Å². The summed E-state index contributed by atoms with van der Waals surface area (Å²) in [5.41, 5.74) is 3.21. The number of aromatic nitrogens is 2. The van der Waals surface area contributed by atoms with Crippen LogP contribution in [0.1, 0.15) is 31.7 Å². The van der Waals surface area contributed by atoms with Crippen molar-refractivity contribution in [1.29, 1.82) is 0 Å². The molecule has 1 aliphatic rings. The third-order valence-electron chi connectivity index (χ3n) is 4.81. The molecule has 1 amide bonds. The van der Waals surface area contributed by atoms with Crippen molar-refractivity contribution < 1.29 is 4.79 Å². The summed E-state index contributed by atoms with van der Waals surface area (Å²) in [5, 5.41) is 11.8. The van der Waals surface area contributed by atoms with Crippen LogP contribution in [0.15, 0.2) is 36.4 Å². The van der Waals surface area contributed by atoms with E-state index in [1.807, 2.05) is 24.3 Å². The molecule has 3 rings (SSSR count). The van der Waals surface area contributed by atoms with E-state index in [2.05, 4.69) is 46.4 Å². The van der Waals surface area contributed by atoms with Crippen LogP contribution in [0.5, 0.6) is 0 Å². The number of hydrogen-bond donors (Lipinski definition) is 1. The fourth-order valence-corrected chi connectivity index (χ4v) is 3.26. The van der Waals surface area contributed by atoms with E-state index in [1.54, 1.807) is 0 Å². The normalized spacial score (nSPS) is 15.2. The number of hydrogen-bond acceptors (Lipinski definition) is 4. The molecular formula is C20H26N4O. The molecule has 132 valence electrons. The largest absolute Gasteiger partial charge is 0.356 e. The van der Waals surface area contributed by atoms with E-state index in [-0.39, 0.29) is 11.8 Å². The van der Waals surface area contributed by atoms with E-state index in [4.69, 9.17) is 0 Å². The van der Waals surface area contributed by atoms with Crippen LogP contribution in [0.4, 0.5) is 5.82 Å². The average molecular weight is 338 g/mol. The average Bonchev–Trinajstić information content (AvgIpc) is 2.67. The maximum Gasteiger partial charge on any atom is 0.223 e. The van der Waals surface area contributed by atoms with Crippen molar-refractivity contribution in [2.75, 3.05) is 24.5 Å². The minimum atomic E-state index is 0.127. The van der Waals surface area contributed by atoms with Gasteiger partial charge in [0.05, 0.1) is 5.69 Å². The minimum Gasteiger partial charge on any atom is -0.356 e. The van der Waals surface area contributed by atoms with Gasteiger partial charge >= 0.3 is 0 Å². The standard InChI is InChI=1S/C20H26N4O/c1-3-12-21-20(25)16-10-13-24(14-11-16)19-9-8-18(22-23-19)17-7-5-4-6-15(17)2/h4-9,16H,3,10-14H2,1-2H3,(H,21,25). The zero-order valence-electron chi connectivity index (χ0n) is 15.0. The number of carbonyl (C=O) groups excluding carboxylic acids is 1. The summed E-state index contributed by atoms with van der Waals surface area (Å²) >= 11 is 0. The first kappa shape index (κ1) is 17.4. The van der Waals surface area contributed by atoms with E-state index in [9.17, 15) is 4.79 Å². The van der Waals surface area contributed by atoms with Crippen LogP contribution >= 0.6 is 0 Å². The number of anilines is 1. The molecule has 1 aromatic carbocycles. The zero-order valence-corrected chi connectivity index (χ0v) is 15.0. The van der Waals surface area contributed by atoms with E-state index < -0.39 is 0 Å². The van der Waals surface area contributed by atoms with Gasteiger partial charge < -0.3 is 10.2 Å². The molecule has 5 nitrogen and oxygen atoms in total. The lowest BCUT2D eigenvalue weighted by molar-refractivity contribution is -0.125. The second kappa shape index (κ2) is 8.10. The Bertz CT molecular complexity index is 706. The topological polar surface area (TPSA) is 58.1 Å². The molecule has 0 bridgehead atoms. The molecule has 0 atom stereocenters. The zero-order chi connectivity index (χ0) is 17.6. The van der Waals surface area contributed by atoms with E-state index in [1.165, 1.54) is 5.56 Å². The molecule has 2 aromatic rings. The van der Waals surface area contributed by atoms with Crippen LogP contribution in [0.25, 0.3) is 11.3 Å². The SMILES string of the molecule is CCCNC(=O)C1CCN(c2ccc(-c3ccccc3C)nn2)CC1. The number of nitrogens with zero attached hydrogens (tertiary/aromatic N) is 3. The Labute approximate surface area is 149 Å². The number of carbonyl (C=O) groups is 1. The van der Waals surface area contributed by atoms with Crippen molar-refractivity contribution in [3.05, 3.63) is 42.0 Å². The lowest BCUT2D eigenvalue weighted by Crippen LogP contribution is -2.41. The van der Waals surface area contributed by atoms with Crippen molar-refractivity contribution in [2.24, 2.45) is 5.92 Å². The highest BCUT2D eigenvalue weighted by molar-refractivity contribution is 5.78. The molecule has 5 heteroatoms. The number of aryl methyl sites for hydroxylation is 1. The molecular weight excluding hydrogens is 312 g/mol. The summed E-state index contributed by atoms with van der Waals surface area (Å²) in [6.07, 6.45) is 2.72. The number of amides is 1. The Kier molecular flexibility index (Phi) is 5.64. The minimum absolute atomic E-state index is 0.127. The van der Waals surface area contributed by atoms with E-state index in [0.29, 0.717) is 0 Å². The fourth-order valence-electron chi connectivity index (χ4n) is 3.26. The van der Waals surface area contributed by atoms with Crippen LogP contribution < -0.4 is 10.2 Å². The highest BCUT2D eigenvalue weighted by Gasteiger charge is 2.25. The van der Waals surface area contributed by atoms with Gasteiger partial charge in [-0.1, -0.05) is 31.2 Å². The highest BCUT2D eigenvalue weighted by atomic mass is 16.1. The summed E-state index contributed by atoms with van der Waals surface area (Å²) in [7, 11) is 0. The molecule has 1 saturated heterocycles. The molecule has 0 spiro atoms. The first-order chi connectivity index (χ1) is 12.2. The van der Waals surface area contributed by atoms with Gasteiger partial charge in [0, 0.05) is 31.1 Å². The molecule has 0 aliphatic carbocycles. The number of nitrogens with one attached hydrogen (secondary N) is 1. The monoisotopic (exact) mass is 338 g/mol. The number of benzene rings is 1. The predicted octanol–water partition coefficient (Wildman–Crippen LogP) is 3.19. The van der Waals surface area contributed by atoms with Gasteiger partial charge in [-0.3, -0.25) is 4.79 Å². The van der Waals surface area contributed by atoms with Gasteiger partial charge in [0.25, 0.3) is 0 Å². The van der Waals surface area contributed by atoms with Crippen LogP contribution in [0.3, 0.4) is 0 Å². The number of rotatable bonds is 5. The van der Waals surface area contributed by atoms with Gasteiger partial charge in [0.2, 0.25) is 5.91 Å². The van der Waals surface area contributed by atoms with Crippen LogP contribution in [-0.4, -0.2) is 35.7 Å². The molecule has 0 unspecified atom stereocenters. The summed E-state index contributed by atoms with van der Waals surface area (Å²) < 4.78 is 0. The van der Waals surface area contributed by atoms with Crippen molar-refractivity contribution >= 4 is 11.7 Å². The Morgan fingerprint density at radius 1 is 1.16 bits per heavy atom. The van der Waals surface area contributed by atoms with Crippen LogP contribution in [-0.2, 0) is 4.79 Å². The summed E-state index contributed by atoms with van der Waals surface area (Å²) in [6.45, 7) is 6.62. The van der Waals surface area contributed by atoms with Gasteiger partial charge in [0.1, 0.15) is 0 Å². The Hall–Kier alpha value is -2.43. The van der Waals surface area contributed by atoms with Gasteiger partial charge in [-0.25, -0.2) is 0 Å². The molecule has 1 N–H and O–H groups in total.